The van der Waals surface area contributed by atoms with Gasteiger partial charge in [0.1, 0.15) is 0 Å². The maximum atomic E-state index is 11.1. The first kappa shape index (κ1) is 14.0. The van der Waals surface area contributed by atoms with Crippen LogP contribution in [0.4, 0.5) is 0 Å². The van der Waals surface area contributed by atoms with Gasteiger partial charge in [-0.15, -0.1) is 11.8 Å². The third kappa shape index (κ3) is 10.9. The van der Waals surface area contributed by atoms with Gasteiger partial charge < -0.3 is 10.1 Å². The fraction of sp³-hybridized carbons (Fsp3) is 0.600. The Morgan fingerprint density at radius 1 is 1.67 bits per heavy atom. The van der Waals surface area contributed by atoms with E-state index < -0.39 is 0 Å². The Morgan fingerprint density at radius 3 is 3.00 bits per heavy atom. The van der Waals surface area contributed by atoms with E-state index in [-0.39, 0.29) is 5.91 Å². The van der Waals surface area contributed by atoms with Gasteiger partial charge in [0.25, 0.3) is 0 Å². The first-order valence-electron chi connectivity index (χ1n) is 4.60. The maximum Gasteiger partial charge on any atom is 0.230 e. The van der Waals surface area contributed by atoms with E-state index >= 15 is 0 Å². The minimum atomic E-state index is -0.0609. The minimum Gasteiger partial charge on any atom is -0.375 e. The van der Waals surface area contributed by atoms with Crippen LogP contribution in [0, 0.1) is 11.3 Å². The minimum absolute atomic E-state index is 0.0609. The van der Waals surface area contributed by atoms with Gasteiger partial charge in [0.05, 0.1) is 30.8 Å². The number of nitriles is 1. The number of carbonyl (C=O) groups excluding carboxylic acids is 1. The largest absolute Gasteiger partial charge is 0.375 e. The second-order valence-electron chi connectivity index (χ2n) is 3.01. The van der Waals surface area contributed by atoms with Crippen molar-refractivity contribution in [3.63, 3.8) is 0 Å². The molecular formula is C10H16N2O2S. The Kier molecular flexibility index (Phi) is 8.93. The zero-order chi connectivity index (χ0) is 11.5. The van der Waals surface area contributed by atoms with E-state index in [4.69, 9.17) is 10.00 Å². The molecule has 4 nitrogen and oxygen atoms in total. The van der Waals surface area contributed by atoms with E-state index in [1.54, 1.807) is 0 Å². The van der Waals surface area contributed by atoms with Crippen molar-refractivity contribution in [2.24, 2.45) is 0 Å². The maximum absolute atomic E-state index is 11.1. The van der Waals surface area contributed by atoms with Crippen molar-refractivity contribution in [3.05, 3.63) is 12.2 Å². The number of ether oxygens (including phenoxy) is 1. The summed E-state index contributed by atoms with van der Waals surface area (Å²) in [7, 11) is 0. The van der Waals surface area contributed by atoms with Gasteiger partial charge >= 0.3 is 0 Å². The highest BCUT2D eigenvalue weighted by Gasteiger charge is 1.99. The molecule has 0 saturated carbocycles. The molecule has 0 radical (unpaired) electrons. The summed E-state index contributed by atoms with van der Waals surface area (Å²) in [6.45, 7) is 7.09. The Bertz CT molecular complexity index is 248. The predicted octanol–water partition coefficient (Wildman–Crippen LogP) is 0.952. The van der Waals surface area contributed by atoms with Crippen molar-refractivity contribution < 1.29 is 9.53 Å². The zero-order valence-corrected chi connectivity index (χ0v) is 9.73. The summed E-state index contributed by atoms with van der Waals surface area (Å²) >= 11 is 1.30. The molecule has 15 heavy (non-hydrogen) atoms. The molecular weight excluding hydrogens is 212 g/mol. The Morgan fingerprint density at radius 2 is 2.40 bits per heavy atom. The molecule has 0 aliphatic rings. The fourth-order valence-corrected chi connectivity index (χ4v) is 1.23. The quantitative estimate of drug-likeness (QED) is 0.496. The standard InChI is InChI=1S/C10H16N2O2S/c1-9(2)7-14-5-4-12-10(13)8-15-6-3-11/h1,4-8H2,2H3,(H,12,13). The summed E-state index contributed by atoms with van der Waals surface area (Å²) < 4.78 is 5.20. The molecule has 1 N–H and O–H groups in total. The van der Waals surface area contributed by atoms with Crippen molar-refractivity contribution in [2.45, 2.75) is 6.92 Å². The second-order valence-corrected chi connectivity index (χ2v) is 4.00. The van der Waals surface area contributed by atoms with Crippen LogP contribution in [0.25, 0.3) is 0 Å². The van der Waals surface area contributed by atoms with Crippen molar-refractivity contribution >= 4 is 17.7 Å². The van der Waals surface area contributed by atoms with Gasteiger partial charge in [-0.1, -0.05) is 12.2 Å². The number of nitrogens with one attached hydrogen (secondary N) is 1. The van der Waals surface area contributed by atoms with Crippen LogP contribution in [0.1, 0.15) is 6.92 Å². The number of nitrogens with zero attached hydrogens (tertiary/aromatic N) is 1. The van der Waals surface area contributed by atoms with Crippen LogP contribution in [0.5, 0.6) is 0 Å². The summed E-state index contributed by atoms with van der Waals surface area (Å²) in [4.78, 5) is 11.1. The number of thioether (sulfide) groups is 1. The van der Waals surface area contributed by atoms with Crippen LogP contribution < -0.4 is 5.32 Å². The van der Waals surface area contributed by atoms with Gasteiger partial charge in [-0.2, -0.15) is 5.26 Å². The summed E-state index contributed by atoms with van der Waals surface area (Å²) in [5.41, 5.74) is 0.964. The molecule has 0 heterocycles. The van der Waals surface area contributed by atoms with Gasteiger partial charge in [0.15, 0.2) is 0 Å². The van der Waals surface area contributed by atoms with Crippen LogP contribution in [0.15, 0.2) is 12.2 Å². The van der Waals surface area contributed by atoms with E-state index in [1.165, 1.54) is 11.8 Å². The third-order valence-electron chi connectivity index (χ3n) is 1.32. The zero-order valence-electron chi connectivity index (χ0n) is 8.91. The van der Waals surface area contributed by atoms with E-state index in [0.717, 1.165) is 5.57 Å². The molecule has 5 heteroatoms. The van der Waals surface area contributed by atoms with Gasteiger partial charge in [-0.25, -0.2) is 0 Å². The van der Waals surface area contributed by atoms with Crippen LogP contribution in [-0.2, 0) is 9.53 Å². The summed E-state index contributed by atoms with van der Waals surface area (Å²) in [5, 5.41) is 10.9. The van der Waals surface area contributed by atoms with E-state index in [2.05, 4.69) is 11.9 Å². The molecule has 0 aliphatic carbocycles. The summed E-state index contributed by atoms with van der Waals surface area (Å²) in [5.74, 6) is 0.613. The number of hydrogen-bond acceptors (Lipinski definition) is 4. The lowest BCUT2D eigenvalue weighted by Crippen LogP contribution is -2.28. The Labute approximate surface area is 94.7 Å². The Balaban J connectivity index is 3.24. The fourth-order valence-electron chi connectivity index (χ4n) is 0.749. The third-order valence-corrected chi connectivity index (χ3v) is 2.12. The highest BCUT2D eigenvalue weighted by atomic mass is 32.2. The smallest absolute Gasteiger partial charge is 0.230 e. The van der Waals surface area contributed by atoms with E-state index in [9.17, 15) is 4.79 Å². The molecule has 0 aliphatic heterocycles. The lowest BCUT2D eigenvalue weighted by Gasteiger charge is -2.05. The molecule has 0 atom stereocenters. The average Bonchev–Trinajstić information content (AvgIpc) is 2.17. The number of hydrogen-bond donors (Lipinski definition) is 1. The van der Waals surface area contributed by atoms with Gasteiger partial charge in [-0.05, 0) is 6.92 Å². The normalized spacial score (nSPS) is 9.33. The van der Waals surface area contributed by atoms with Crippen LogP contribution in [0.3, 0.4) is 0 Å². The first-order valence-corrected chi connectivity index (χ1v) is 5.75. The molecule has 0 spiro atoms. The van der Waals surface area contributed by atoms with Crippen molar-refractivity contribution in [2.75, 3.05) is 31.3 Å². The highest BCUT2D eigenvalue weighted by Crippen LogP contribution is 1.96. The lowest BCUT2D eigenvalue weighted by molar-refractivity contribution is -0.118. The summed E-state index contributed by atoms with van der Waals surface area (Å²) in [6, 6.07) is 1.96. The van der Waals surface area contributed by atoms with E-state index in [0.29, 0.717) is 31.3 Å². The second kappa shape index (κ2) is 9.56. The molecule has 1 amide bonds. The highest BCUT2D eigenvalue weighted by molar-refractivity contribution is 8.00. The van der Waals surface area contributed by atoms with E-state index in [1.807, 2.05) is 13.0 Å². The molecule has 84 valence electrons. The molecule has 0 bridgehead atoms. The number of amides is 1. The molecule has 0 aromatic carbocycles. The molecule has 0 fully saturated rings. The molecule has 0 saturated heterocycles. The predicted molar refractivity (Wildman–Crippen MR) is 61.6 cm³/mol. The van der Waals surface area contributed by atoms with Crippen LogP contribution in [0.2, 0.25) is 0 Å². The molecule has 0 aromatic rings. The van der Waals surface area contributed by atoms with Crippen molar-refractivity contribution in [1.29, 1.82) is 5.26 Å². The lowest BCUT2D eigenvalue weighted by atomic mass is 10.4. The number of rotatable bonds is 8. The van der Waals surface area contributed by atoms with Gasteiger partial charge in [0, 0.05) is 6.54 Å². The average molecular weight is 228 g/mol. The monoisotopic (exact) mass is 228 g/mol. The molecule has 0 aromatic heterocycles. The van der Waals surface area contributed by atoms with Gasteiger partial charge in [-0.3, -0.25) is 4.79 Å². The van der Waals surface area contributed by atoms with Crippen molar-refractivity contribution in [1.82, 2.24) is 5.32 Å². The van der Waals surface area contributed by atoms with Crippen LogP contribution >= 0.6 is 11.8 Å². The molecule has 0 rings (SSSR count). The van der Waals surface area contributed by atoms with Crippen LogP contribution in [-0.4, -0.2) is 37.2 Å². The number of carbonyl (C=O) groups is 1. The first-order chi connectivity index (χ1) is 7.16. The van der Waals surface area contributed by atoms with Gasteiger partial charge in [0.2, 0.25) is 5.91 Å². The molecule has 0 unspecified atom stereocenters. The topological polar surface area (TPSA) is 62.1 Å². The SMILES string of the molecule is C=C(C)COCCNC(=O)CSCC#N. The van der Waals surface area contributed by atoms with Crippen molar-refractivity contribution in [3.8, 4) is 6.07 Å². The Hall–Kier alpha value is -0.990. The summed E-state index contributed by atoms with van der Waals surface area (Å²) in [6.07, 6.45) is 0.